The van der Waals surface area contributed by atoms with Crippen molar-refractivity contribution in [2.75, 3.05) is 38.6 Å². The number of amides is 1. The fourth-order valence-electron chi connectivity index (χ4n) is 3.94. The zero-order valence-electron chi connectivity index (χ0n) is 19.5. The molecule has 1 amide bonds. The molecule has 1 aliphatic rings. The van der Waals surface area contributed by atoms with Gasteiger partial charge in [0, 0.05) is 32.6 Å². The van der Waals surface area contributed by atoms with E-state index in [-0.39, 0.29) is 29.4 Å². The predicted molar refractivity (Wildman–Crippen MR) is 125 cm³/mol. The SMILES string of the molecule is CNCC[C@H](Oc1cnc(CN2CCN(C)c3ncc(F)cc3C2=O)c(F)c1)c1cccc(F)c1. The van der Waals surface area contributed by atoms with Crippen molar-refractivity contribution in [3.63, 3.8) is 0 Å². The van der Waals surface area contributed by atoms with E-state index in [1.807, 2.05) is 0 Å². The molecule has 3 heterocycles. The largest absolute Gasteiger partial charge is 0.484 e. The van der Waals surface area contributed by atoms with Crippen molar-refractivity contribution in [1.29, 1.82) is 0 Å². The highest BCUT2D eigenvalue weighted by Crippen LogP contribution is 2.27. The van der Waals surface area contributed by atoms with E-state index in [1.54, 1.807) is 31.1 Å². The van der Waals surface area contributed by atoms with Crippen LogP contribution in [0.5, 0.6) is 5.75 Å². The highest BCUT2D eigenvalue weighted by molar-refractivity contribution is 5.99. The molecule has 3 aromatic rings. The van der Waals surface area contributed by atoms with Crippen LogP contribution in [-0.4, -0.2) is 54.5 Å². The maximum atomic E-state index is 15.0. The van der Waals surface area contributed by atoms with E-state index < -0.39 is 23.6 Å². The Morgan fingerprint density at radius 1 is 1.09 bits per heavy atom. The zero-order chi connectivity index (χ0) is 24.9. The van der Waals surface area contributed by atoms with Crippen molar-refractivity contribution < 1.29 is 22.7 Å². The second-order valence-corrected chi connectivity index (χ2v) is 8.33. The first-order valence-corrected chi connectivity index (χ1v) is 11.2. The fourth-order valence-corrected chi connectivity index (χ4v) is 3.94. The van der Waals surface area contributed by atoms with E-state index >= 15 is 4.39 Å². The Kier molecular flexibility index (Phi) is 7.50. The topological polar surface area (TPSA) is 70.6 Å². The van der Waals surface area contributed by atoms with Gasteiger partial charge in [-0.3, -0.25) is 9.78 Å². The molecule has 1 atom stereocenters. The molecule has 0 saturated carbocycles. The lowest BCUT2D eigenvalue weighted by molar-refractivity contribution is 0.0750. The monoisotopic (exact) mass is 485 g/mol. The summed E-state index contributed by atoms with van der Waals surface area (Å²) in [5.41, 5.74) is 0.801. The number of aromatic nitrogens is 2. The minimum absolute atomic E-state index is 0.0543. The van der Waals surface area contributed by atoms with Crippen LogP contribution >= 0.6 is 0 Å². The molecular formula is C25H26F3N5O2. The minimum atomic E-state index is -0.642. The molecule has 1 aromatic carbocycles. The molecule has 0 bridgehead atoms. The predicted octanol–water partition coefficient (Wildman–Crippen LogP) is 3.72. The molecule has 0 fully saturated rings. The number of carbonyl (C=O) groups is 1. The third-order valence-electron chi connectivity index (χ3n) is 5.81. The Labute approximate surface area is 201 Å². The van der Waals surface area contributed by atoms with Gasteiger partial charge >= 0.3 is 0 Å². The lowest BCUT2D eigenvalue weighted by Gasteiger charge is -2.22. The summed E-state index contributed by atoms with van der Waals surface area (Å²) in [4.78, 5) is 24.4. The molecule has 184 valence electrons. The second kappa shape index (κ2) is 10.7. The Hall–Kier alpha value is -3.66. The fraction of sp³-hybridized carbons (Fsp3) is 0.320. The molecule has 0 spiro atoms. The minimum Gasteiger partial charge on any atom is -0.484 e. The van der Waals surface area contributed by atoms with Crippen LogP contribution in [-0.2, 0) is 6.54 Å². The Balaban J connectivity index is 1.52. The summed E-state index contributed by atoms with van der Waals surface area (Å²) >= 11 is 0. The van der Waals surface area contributed by atoms with E-state index in [2.05, 4.69) is 15.3 Å². The third kappa shape index (κ3) is 5.71. The molecule has 1 N–H and O–H groups in total. The number of rotatable bonds is 8. The molecule has 2 aromatic heterocycles. The lowest BCUT2D eigenvalue weighted by atomic mass is 10.1. The molecular weight excluding hydrogens is 459 g/mol. The number of hydrogen-bond donors (Lipinski definition) is 1. The van der Waals surface area contributed by atoms with E-state index in [4.69, 9.17) is 4.74 Å². The van der Waals surface area contributed by atoms with Gasteiger partial charge in [-0.2, -0.15) is 0 Å². The average Bonchev–Trinajstić information content (AvgIpc) is 2.95. The first-order chi connectivity index (χ1) is 16.9. The summed E-state index contributed by atoms with van der Waals surface area (Å²) in [6, 6.07) is 8.42. The number of nitrogens with one attached hydrogen (secondary N) is 1. The Morgan fingerprint density at radius 2 is 1.91 bits per heavy atom. The molecule has 0 saturated heterocycles. The molecule has 0 unspecified atom stereocenters. The number of nitrogens with zero attached hydrogens (tertiary/aromatic N) is 4. The van der Waals surface area contributed by atoms with E-state index in [9.17, 15) is 13.6 Å². The van der Waals surface area contributed by atoms with Gasteiger partial charge in [0.1, 0.15) is 35.1 Å². The van der Waals surface area contributed by atoms with Gasteiger partial charge in [-0.1, -0.05) is 12.1 Å². The average molecular weight is 486 g/mol. The summed E-state index contributed by atoms with van der Waals surface area (Å²) in [5, 5.41) is 3.02. The third-order valence-corrected chi connectivity index (χ3v) is 5.81. The van der Waals surface area contributed by atoms with Gasteiger partial charge < -0.3 is 19.9 Å². The molecule has 7 nitrogen and oxygen atoms in total. The summed E-state index contributed by atoms with van der Waals surface area (Å²) in [7, 11) is 3.55. The van der Waals surface area contributed by atoms with Crippen LogP contribution in [0.15, 0.2) is 48.8 Å². The quantitative estimate of drug-likeness (QED) is 0.525. The Morgan fingerprint density at radius 3 is 2.66 bits per heavy atom. The summed E-state index contributed by atoms with van der Waals surface area (Å²) in [6.07, 6.45) is 2.47. The van der Waals surface area contributed by atoms with Gasteiger partial charge in [0.15, 0.2) is 0 Å². The van der Waals surface area contributed by atoms with Gasteiger partial charge in [-0.25, -0.2) is 18.2 Å². The molecule has 0 radical (unpaired) electrons. The highest BCUT2D eigenvalue weighted by atomic mass is 19.1. The first-order valence-electron chi connectivity index (χ1n) is 11.2. The lowest BCUT2D eigenvalue weighted by Crippen LogP contribution is -2.34. The Bertz CT molecular complexity index is 1210. The maximum Gasteiger partial charge on any atom is 0.258 e. The molecule has 1 aliphatic heterocycles. The van der Waals surface area contributed by atoms with E-state index in [0.29, 0.717) is 37.4 Å². The number of benzene rings is 1. The molecule has 0 aliphatic carbocycles. The van der Waals surface area contributed by atoms with E-state index in [1.165, 1.54) is 29.3 Å². The van der Waals surface area contributed by atoms with Crippen LogP contribution in [0, 0.1) is 17.5 Å². The number of likely N-dealkylation sites (N-methyl/N-ethyl adjacent to an activating group) is 1. The van der Waals surface area contributed by atoms with Crippen LogP contribution in [0.3, 0.4) is 0 Å². The highest BCUT2D eigenvalue weighted by Gasteiger charge is 2.27. The van der Waals surface area contributed by atoms with Crippen molar-refractivity contribution in [3.05, 3.63) is 83.1 Å². The second-order valence-electron chi connectivity index (χ2n) is 8.33. The number of ether oxygens (including phenoxy) is 1. The first kappa shape index (κ1) is 24.5. The number of pyridine rings is 2. The number of carbonyl (C=O) groups excluding carboxylic acids is 1. The number of hydrogen-bond acceptors (Lipinski definition) is 6. The molecule has 10 heteroatoms. The van der Waals surface area contributed by atoms with Crippen LogP contribution in [0.4, 0.5) is 19.0 Å². The number of anilines is 1. The van der Waals surface area contributed by atoms with Crippen LogP contribution in [0.1, 0.15) is 34.1 Å². The smallest absolute Gasteiger partial charge is 0.258 e. The number of fused-ring (bicyclic) bond motifs is 1. The maximum absolute atomic E-state index is 15.0. The van der Waals surface area contributed by atoms with Crippen molar-refractivity contribution >= 4 is 11.7 Å². The van der Waals surface area contributed by atoms with Gasteiger partial charge in [-0.05, 0) is 37.4 Å². The van der Waals surface area contributed by atoms with Crippen molar-refractivity contribution in [2.45, 2.75) is 19.1 Å². The van der Waals surface area contributed by atoms with Gasteiger partial charge in [-0.15, -0.1) is 0 Å². The standard InChI is InChI=1S/C25H26F3N5O2/c1-29-7-6-23(16-4-3-5-17(26)10-16)35-19-12-21(28)22(30-14-19)15-33-9-8-32(2)24-20(25(33)34)11-18(27)13-31-24/h3-5,10-14,23,29H,6-9,15H2,1-2H3/t23-/m0/s1. The van der Waals surface area contributed by atoms with Crippen molar-refractivity contribution in [1.82, 2.24) is 20.2 Å². The van der Waals surface area contributed by atoms with Gasteiger partial charge in [0.2, 0.25) is 0 Å². The van der Waals surface area contributed by atoms with Crippen molar-refractivity contribution in [2.24, 2.45) is 0 Å². The van der Waals surface area contributed by atoms with Crippen LogP contribution in [0.2, 0.25) is 0 Å². The zero-order valence-corrected chi connectivity index (χ0v) is 19.5. The van der Waals surface area contributed by atoms with Gasteiger partial charge in [0.25, 0.3) is 5.91 Å². The van der Waals surface area contributed by atoms with Crippen LogP contribution < -0.4 is 15.0 Å². The summed E-state index contributed by atoms with van der Waals surface area (Å²) in [6.45, 7) is 1.25. The van der Waals surface area contributed by atoms with Crippen LogP contribution in [0.25, 0.3) is 0 Å². The van der Waals surface area contributed by atoms with E-state index in [0.717, 1.165) is 12.3 Å². The number of halogens is 3. The summed E-state index contributed by atoms with van der Waals surface area (Å²) < 4.78 is 48.4. The summed E-state index contributed by atoms with van der Waals surface area (Å²) in [5.74, 6) is -1.53. The van der Waals surface area contributed by atoms with Crippen molar-refractivity contribution in [3.8, 4) is 5.75 Å². The molecule has 4 rings (SSSR count). The molecule has 35 heavy (non-hydrogen) atoms. The normalized spacial score (nSPS) is 14.5. The van der Waals surface area contributed by atoms with Gasteiger partial charge in [0.05, 0.1) is 30.2 Å².